The highest BCUT2D eigenvalue weighted by Crippen LogP contribution is 2.38. The average Bonchev–Trinajstić information content (AvgIpc) is 2.45. The van der Waals surface area contributed by atoms with Crippen molar-refractivity contribution in [3.8, 4) is 0 Å². The first-order valence-electron chi connectivity index (χ1n) is 7.16. The number of nitro benzene ring substituents is 1. The van der Waals surface area contributed by atoms with Crippen LogP contribution < -0.4 is 5.32 Å². The molecule has 0 aromatic heterocycles. The molecule has 1 N–H and O–H groups in total. The van der Waals surface area contributed by atoms with Crippen molar-refractivity contribution in [1.29, 1.82) is 0 Å². The normalized spacial score (nSPS) is 26.2. The largest absolute Gasteiger partial charge is 0.316 e. The van der Waals surface area contributed by atoms with Crippen molar-refractivity contribution in [3.63, 3.8) is 0 Å². The van der Waals surface area contributed by atoms with Gasteiger partial charge in [-0.15, -0.1) is 0 Å². The maximum Gasteiger partial charge on any atom is 0.269 e. The fourth-order valence-electron chi connectivity index (χ4n) is 2.95. The highest BCUT2D eigenvalue weighted by molar-refractivity contribution is 7.85. The van der Waals surface area contributed by atoms with Crippen LogP contribution in [-0.4, -0.2) is 27.5 Å². The van der Waals surface area contributed by atoms with Crippen molar-refractivity contribution in [1.82, 2.24) is 5.32 Å². The average molecular weight is 310 g/mol. The van der Waals surface area contributed by atoms with E-state index in [2.05, 4.69) is 19.2 Å². The van der Waals surface area contributed by atoms with Crippen LogP contribution in [0.1, 0.15) is 33.1 Å². The predicted octanol–water partition coefficient (Wildman–Crippen LogP) is 2.87. The number of non-ortho nitro benzene ring substituents is 1. The number of nitrogens with zero attached hydrogens (tertiary/aromatic N) is 1. The lowest BCUT2D eigenvalue weighted by Gasteiger charge is -2.40. The predicted molar refractivity (Wildman–Crippen MR) is 83.8 cm³/mol. The lowest BCUT2D eigenvalue weighted by atomic mass is 9.75. The zero-order valence-electron chi connectivity index (χ0n) is 12.7. The van der Waals surface area contributed by atoms with Gasteiger partial charge in [-0.25, -0.2) is 0 Å². The minimum atomic E-state index is -1.15. The van der Waals surface area contributed by atoms with Crippen LogP contribution in [0.5, 0.6) is 0 Å². The van der Waals surface area contributed by atoms with Crippen LogP contribution in [0.25, 0.3) is 0 Å². The highest BCUT2D eigenvalue weighted by Gasteiger charge is 2.37. The molecule has 0 amide bonds. The van der Waals surface area contributed by atoms with E-state index in [9.17, 15) is 14.3 Å². The molecule has 21 heavy (non-hydrogen) atoms. The molecule has 5 nitrogen and oxygen atoms in total. The van der Waals surface area contributed by atoms with E-state index < -0.39 is 15.7 Å². The second kappa shape index (κ2) is 6.23. The smallest absolute Gasteiger partial charge is 0.269 e. The molecule has 1 aliphatic carbocycles. The summed E-state index contributed by atoms with van der Waals surface area (Å²) in [7, 11) is 0.753. The molecule has 3 atom stereocenters. The fourth-order valence-corrected chi connectivity index (χ4v) is 4.88. The Hall–Kier alpha value is -1.27. The molecule has 0 bridgehead atoms. The van der Waals surface area contributed by atoms with Crippen LogP contribution >= 0.6 is 0 Å². The number of hydrogen-bond acceptors (Lipinski definition) is 4. The summed E-state index contributed by atoms with van der Waals surface area (Å²) in [5, 5.41) is 14.0. The van der Waals surface area contributed by atoms with E-state index in [4.69, 9.17) is 0 Å². The van der Waals surface area contributed by atoms with Crippen molar-refractivity contribution in [3.05, 3.63) is 34.4 Å². The van der Waals surface area contributed by atoms with Gasteiger partial charge in [0.05, 0.1) is 21.0 Å². The molecule has 6 heteroatoms. The number of benzene rings is 1. The van der Waals surface area contributed by atoms with Crippen LogP contribution in [0, 0.1) is 15.5 Å². The number of hydrogen-bond donors (Lipinski definition) is 1. The van der Waals surface area contributed by atoms with Gasteiger partial charge in [-0.05, 0) is 43.9 Å². The first-order valence-corrected chi connectivity index (χ1v) is 8.38. The van der Waals surface area contributed by atoms with E-state index in [1.807, 2.05) is 7.05 Å². The Balaban J connectivity index is 2.22. The van der Waals surface area contributed by atoms with E-state index in [0.29, 0.717) is 4.90 Å². The molecule has 0 heterocycles. The van der Waals surface area contributed by atoms with Crippen molar-refractivity contribution in [2.24, 2.45) is 5.41 Å². The van der Waals surface area contributed by atoms with Gasteiger partial charge in [-0.1, -0.05) is 13.8 Å². The van der Waals surface area contributed by atoms with Crippen LogP contribution in [0.3, 0.4) is 0 Å². The second-order valence-corrected chi connectivity index (χ2v) is 8.06. The molecule has 0 radical (unpaired) electrons. The Bertz CT molecular complexity index is 542. The van der Waals surface area contributed by atoms with Gasteiger partial charge in [0, 0.05) is 23.1 Å². The van der Waals surface area contributed by atoms with E-state index in [0.717, 1.165) is 19.3 Å². The molecular formula is C15H22N2O3S. The van der Waals surface area contributed by atoms with Crippen LogP contribution in [0.15, 0.2) is 29.2 Å². The van der Waals surface area contributed by atoms with Crippen LogP contribution in [-0.2, 0) is 10.8 Å². The third kappa shape index (κ3) is 3.68. The molecule has 1 saturated carbocycles. The Morgan fingerprint density at radius 3 is 2.48 bits per heavy atom. The summed E-state index contributed by atoms with van der Waals surface area (Å²) in [5.41, 5.74) is 0.221. The molecule has 0 spiro atoms. The molecule has 1 aromatic rings. The van der Waals surface area contributed by atoms with Crippen LogP contribution in [0.4, 0.5) is 5.69 Å². The highest BCUT2D eigenvalue weighted by atomic mass is 32.2. The maximum absolute atomic E-state index is 12.8. The van der Waals surface area contributed by atoms with Crippen molar-refractivity contribution < 1.29 is 9.13 Å². The van der Waals surface area contributed by atoms with Crippen molar-refractivity contribution in [2.75, 3.05) is 7.05 Å². The number of nitro groups is 1. The van der Waals surface area contributed by atoms with E-state index in [1.54, 1.807) is 12.1 Å². The minimum absolute atomic E-state index is 0.0323. The lowest BCUT2D eigenvalue weighted by molar-refractivity contribution is -0.384. The number of rotatable bonds is 4. The fraction of sp³-hybridized carbons (Fsp3) is 0.600. The standard InChI is InChI=1S/C15H22N2O3S/c1-15(2)9-8-13(16-3)14(10-15)21(20)12-6-4-11(5-7-12)17(18)19/h4-7,13-14,16H,8-10H2,1-3H3. The summed E-state index contributed by atoms with van der Waals surface area (Å²) in [6.45, 7) is 4.41. The quantitative estimate of drug-likeness (QED) is 0.685. The van der Waals surface area contributed by atoms with Gasteiger partial charge in [-0.2, -0.15) is 0 Å². The topological polar surface area (TPSA) is 72.2 Å². The summed E-state index contributed by atoms with van der Waals surface area (Å²) in [6.07, 6.45) is 3.02. The van der Waals surface area contributed by atoms with E-state index in [1.165, 1.54) is 12.1 Å². The first kappa shape index (κ1) is 16.1. The van der Waals surface area contributed by atoms with Gasteiger partial charge >= 0.3 is 0 Å². The zero-order chi connectivity index (χ0) is 15.6. The minimum Gasteiger partial charge on any atom is -0.316 e. The zero-order valence-corrected chi connectivity index (χ0v) is 13.5. The van der Waals surface area contributed by atoms with Gasteiger partial charge in [0.2, 0.25) is 0 Å². The summed E-state index contributed by atoms with van der Waals surface area (Å²) >= 11 is 0. The molecule has 1 aromatic carbocycles. The van der Waals surface area contributed by atoms with E-state index >= 15 is 0 Å². The number of nitrogens with one attached hydrogen (secondary N) is 1. The second-order valence-electron chi connectivity index (χ2n) is 6.39. The molecule has 0 aliphatic heterocycles. The molecule has 2 rings (SSSR count). The summed E-state index contributed by atoms with van der Waals surface area (Å²) in [6, 6.07) is 6.31. The third-order valence-corrected chi connectivity index (χ3v) is 6.04. The van der Waals surface area contributed by atoms with Crippen LogP contribution in [0.2, 0.25) is 0 Å². The summed E-state index contributed by atoms with van der Waals surface area (Å²) < 4.78 is 12.8. The molecular weight excluding hydrogens is 288 g/mol. The monoisotopic (exact) mass is 310 g/mol. The lowest BCUT2D eigenvalue weighted by Crippen LogP contribution is -2.47. The van der Waals surface area contributed by atoms with Gasteiger partial charge in [0.1, 0.15) is 0 Å². The third-order valence-electron chi connectivity index (χ3n) is 4.26. The van der Waals surface area contributed by atoms with Gasteiger partial charge in [0.25, 0.3) is 5.69 Å². The molecule has 0 saturated heterocycles. The first-order chi connectivity index (χ1) is 9.84. The molecule has 3 unspecified atom stereocenters. The van der Waals surface area contributed by atoms with Crippen molar-refractivity contribution in [2.45, 2.75) is 49.3 Å². The van der Waals surface area contributed by atoms with Crippen molar-refractivity contribution >= 4 is 16.5 Å². The Kier molecular flexibility index (Phi) is 4.78. The van der Waals surface area contributed by atoms with E-state index in [-0.39, 0.29) is 22.4 Å². The SMILES string of the molecule is CNC1CCC(C)(C)CC1S(=O)c1ccc([N+](=O)[O-])cc1. The molecule has 1 aliphatic rings. The van der Waals surface area contributed by atoms with Gasteiger partial charge in [0.15, 0.2) is 0 Å². The Morgan fingerprint density at radius 1 is 1.33 bits per heavy atom. The molecule has 1 fully saturated rings. The summed E-state index contributed by atoms with van der Waals surface area (Å²) in [5.74, 6) is 0. The van der Waals surface area contributed by atoms with Gasteiger partial charge in [-0.3, -0.25) is 14.3 Å². The summed E-state index contributed by atoms with van der Waals surface area (Å²) in [4.78, 5) is 10.9. The maximum atomic E-state index is 12.8. The molecule has 116 valence electrons. The Labute approximate surface area is 127 Å². The van der Waals surface area contributed by atoms with Gasteiger partial charge < -0.3 is 5.32 Å². The Morgan fingerprint density at radius 2 is 1.95 bits per heavy atom.